The second-order valence-electron chi connectivity index (χ2n) is 15.1. The standard InChI is InChI=1S/C32H54N6O7S/c1-20(46(44,45)37(5)6)32(16-8-7-9-17-32)36-30(43)35-26(31(2,3)4)29(42)38-18-10-11-24(38)27(40)34-23(19-21-12-13-21)25(39)28(41)33-22-14-15-22/h20-24,26H,7-19H2,1-6H3,(H,33,41)(H,34,40)(H2,35,36,43)/t20-,23+,24+,26-/m1/s1. The molecule has 0 aromatic rings. The number of sulfonamides is 1. The molecule has 0 bridgehead atoms. The van der Waals surface area contributed by atoms with E-state index in [-0.39, 0.29) is 12.0 Å². The predicted octanol–water partition coefficient (Wildman–Crippen LogP) is 1.81. The summed E-state index contributed by atoms with van der Waals surface area (Å²) in [6.07, 6.45) is 8.40. The van der Waals surface area contributed by atoms with Gasteiger partial charge in [-0.25, -0.2) is 17.5 Å². The molecule has 0 unspecified atom stereocenters. The van der Waals surface area contributed by atoms with Crippen LogP contribution < -0.4 is 21.3 Å². The Hall–Kier alpha value is -2.74. The molecule has 4 rings (SSSR count). The molecule has 0 aromatic carbocycles. The molecule has 46 heavy (non-hydrogen) atoms. The first kappa shape index (κ1) is 36.1. The molecule has 3 aliphatic carbocycles. The Bertz CT molecular complexity index is 1280. The van der Waals surface area contributed by atoms with E-state index < -0.39 is 73.9 Å². The maximum Gasteiger partial charge on any atom is 0.315 e. The minimum atomic E-state index is -3.69. The monoisotopic (exact) mass is 666 g/mol. The molecule has 13 nitrogen and oxygen atoms in total. The Kier molecular flexibility index (Phi) is 11.1. The van der Waals surface area contributed by atoms with Gasteiger partial charge in [0, 0.05) is 26.7 Å². The van der Waals surface area contributed by atoms with Crippen LogP contribution in [0.5, 0.6) is 0 Å². The van der Waals surface area contributed by atoms with Crippen LogP contribution in [0.3, 0.4) is 0 Å². The molecule has 0 aromatic heterocycles. The summed E-state index contributed by atoms with van der Waals surface area (Å²) < 4.78 is 27.5. The van der Waals surface area contributed by atoms with Gasteiger partial charge in [0.05, 0.1) is 16.8 Å². The zero-order valence-electron chi connectivity index (χ0n) is 28.3. The molecule has 3 saturated carbocycles. The van der Waals surface area contributed by atoms with Crippen molar-refractivity contribution in [3.05, 3.63) is 0 Å². The van der Waals surface area contributed by atoms with Crippen molar-refractivity contribution in [3.8, 4) is 0 Å². The smallest absolute Gasteiger partial charge is 0.315 e. The predicted molar refractivity (Wildman–Crippen MR) is 173 cm³/mol. The van der Waals surface area contributed by atoms with Gasteiger partial charge >= 0.3 is 6.03 Å². The van der Waals surface area contributed by atoms with Gasteiger partial charge in [-0.3, -0.25) is 19.2 Å². The molecule has 0 radical (unpaired) electrons. The lowest BCUT2D eigenvalue weighted by molar-refractivity contribution is -0.144. The number of ketones is 1. The van der Waals surface area contributed by atoms with Gasteiger partial charge in [0.2, 0.25) is 27.6 Å². The van der Waals surface area contributed by atoms with Crippen LogP contribution in [-0.2, 0) is 29.2 Å². The summed E-state index contributed by atoms with van der Waals surface area (Å²) in [6, 6.07) is -3.43. The summed E-state index contributed by atoms with van der Waals surface area (Å²) in [5.74, 6) is -1.97. The SMILES string of the molecule is C[C@H](C1(NC(=O)N[C@H](C(=O)N2CCC[C@H]2C(=O)N[C@@H](CC2CC2)C(=O)C(=O)NC2CC2)C(C)(C)C)CCCCC1)S(=O)(=O)N(C)C. The zero-order valence-corrected chi connectivity index (χ0v) is 29.1. The number of rotatable bonds is 13. The van der Waals surface area contributed by atoms with E-state index in [2.05, 4.69) is 21.3 Å². The molecular weight excluding hydrogens is 612 g/mol. The molecule has 14 heteroatoms. The quantitative estimate of drug-likeness (QED) is 0.217. The van der Waals surface area contributed by atoms with Crippen molar-refractivity contribution >= 4 is 39.6 Å². The van der Waals surface area contributed by atoms with Crippen molar-refractivity contribution < 1.29 is 32.4 Å². The number of Topliss-reactive ketones (excluding diaryl/α,β-unsaturated/α-hetero) is 1. The molecule has 1 heterocycles. The summed E-state index contributed by atoms with van der Waals surface area (Å²) in [4.78, 5) is 68.4. The summed E-state index contributed by atoms with van der Waals surface area (Å²) in [5.41, 5.74) is -1.74. The highest BCUT2D eigenvalue weighted by molar-refractivity contribution is 7.89. The Morgan fingerprint density at radius 2 is 1.54 bits per heavy atom. The van der Waals surface area contributed by atoms with E-state index >= 15 is 0 Å². The van der Waals surface area contributed by atoms with Crippen molar-refractivity contribution in [1.29, 1.82) is 0 Å². The second kappa shape index (κ2) is 14.2. The summed E-state index contributed by atoms with van der Waals surface area (Å²) in [5, 5.41) is 10.5. The number of nitrogens with zero attached hydrogens (tertiary/aromatic N) is 2. The largest absolute Gasteiger partial charge is 0.347 e. The van der Waals surface area contributed by atoms with Crippen molar-refractivity contribution in [2.75, 3.05) is 20.6 Å². The first-order valence-electron chi connectivity index (χ1n) is 16.9. The first-order valence-corrected chi connectivity index (χ1v) is 18.4. The number of nitrogens with one attached hydrogen (secondary N) is 4. The summed E-state index contributed by atoms with van der Waals surface area (Å²) in [6.45, 7) is 7.38. The molecule has 0 spiro atoms. The maximum atomic E-state index is 14.1. The molecular formula is C32H54N6O7S. The average molecular weight is 667 g/mol. The molecule has 4 atom stereocenters. The van der Waals surface area contributed by atoms with E-state index in [4.69, 9.17) is 0 Å². The third-order valence-electron chi connectivity index (χ3n) is 10.1. The lowest BCUT2D eigenvalue weighted by Crippen LogP contribution is -2.65. The van der Waals surface area contributed by atoms with Crippen molar-refractivity contribution in [2.45, 2.75) is 140 Å². The van der Waals surface area contributed by atoms with Gasteiger partial charge in [-0.05, 0) is 63.2 Å². The van der Waals surface area contributed by atoms with Crippen molar-refractivity contribution in [2.24, 2.45) is 11.3 Å². The fourth-order valence-electron chi connectivity index (χ4n) is 6.76. The molecule has 4 aliphatic rings. The zero-order chi connectivity index (χ0) is 34.0. The van der Waals surface area contributed by atoms with Crippen LogP contribution in [0.1, 0.15) is 105 Å². The molecule has 260 valence electrons. The number of carbonyl (C=O) groups excluding carboxylic acids is 5. The lowest BCUT2D eigenvalue weighted by Gasteiger charge is -2.43. The maximum absolute atomic E-state index is 14.1. The number of urea groups is 1. The molecule has 5 amide bonds. The third kappa shape index (κ3) is 8.59. The number of likely N-dealkylation sites (tertiary alicyclic amines) is 1. The van der Waals surface area contributed by atoms with Gasteiger partial charge in [0.1, 0.15) is 12.1 Å². The van der Waals surface area contributed by atoms with Gasteiger partial charge in [-0.1, -0.05) is 52.9 Å². The molecule has 4 fully saturated rings. The van der Waals surface area contributed by atoms with Crippen molar-refractivity contribution in [1.82, 2.24) is 30.5 Å². The van der Waals surface area contributed by atoms with Crippen LogP contribution in [0, 0.1) is 11.3 Å². The highest BCUT2D eigenvalue weighted by Gasteiger charge is 2.48. The Morgan fingerprint density at radius 1 is 0.913 bits per heavy atom. The number of hydrogen-bond donors (Lipinski definition) is 4. The Morgan fingerprint density at radius 3 is 2.09 bits per heavy atom. The third-order valence-corrected chi connectivity index (χ3v) is 12.5. The first-order chi connectivity index (χ1) is 21.5. The highest BCUT2D eigenvalue weighted by atomic mass is 32.2. The fourth-order valence-corrected chi connectivity index (χ4v) is 8.25. The van der Waals surface area contributed by atoms with Crippen LogP contribution in [0.4, 0.5) is 4.79 Å². The van der Waals surface area contributed by atoms with E-state index in [1.54, 1.807) is 6.92 Å². The van der Waals surface area contributed by atoms with Crippen molar-refractivity contribution in [3.63, 3.8) is 0 Å². The Balaban J connectivity index is 1.47. The number of hydrogen-bond acceptors (Lipinski definition) is 7. The second-order valence-corrected chi connectivity index (χ2v) is 17.6. The number of amides is 5. The van der Waals surface area contributed by atoms with Gasteiger partial charge in [0.25, 0.3) is 5.91 Å². The van der Waals surface area contributed by atoms with Crippen LogP contribution in [0.25, 0.3) is 0 Å². The van der Waals surface area contributed by atoms with Gasteiger partial charge in [-0.2, -0.15) is 0 Å². The highest BCUT2D eigenvalue weighted by Crippen LogP contribution is 2.36. The normalized spacial score (nSPS) is 23.6. The molecule has 1 saturated heterocycles. The summed E-state index contributed by atoms with van der Waals surface area (Å²) >= 11 is 0. The van der Waals surface area contributed by atoms with E-state index in [9.17, 15) is 32.4 Å². The van der Waals surface area contributed by atoms with E-state index in [1.807, 2.05) is 20.8 Å². The van der Waals surface area contributed by atoms with Gasteiger partial charge in [-0.15, -0.1) is 0 Å². The van der Waals surface area contributed by atoms with E-state index in [1.165, 1.54) is 23.3 Å². The minimum absolute atomic E-state index is 0.0179. The average Bonchev–Trinajstić information content (AvgIpc) is 3.93. The van der Waals surface area contributed by atoms with Crippen LogP contribution in [0.15, 0.2) is 0 Å². The molecule has 4 N–H and O–H groups in total. The van der Waals surface area contributed by atoms with E-state index in [0.717, 1.165) is 44.9 Å². The van der Waals surface area contributed by atoms with Gasteiger partial charge < -0.3 is 26.2 Å². The van der Waals surface area contributed by atoms with E-state index in [0.29, 0.717) is 38.6 Å². The minimum Gasteiger partial charge on any atom is -0.347 e. The van der Waals surface area contributed by atoms with Crippen LogP contribution >= 0.6 is 0 Å². The van der Waals surface area contributed by atoms with Gasteiger partial charge in [0.15, 0.2) is 0 Å². The number of carbonyl (C=O) groups is 5. The Labute approximate surface area is 273 Å². The fraction of sp³-hybridized carbons (Fsp3) is 0.844. The molecule has 1 aliphatic heterocycles. The summed E-state index contributed by atoms with van der Waals surface area (Å²) in [7, 11) is -0.733. The van der Waals surface area contributed by atoms with Crippen LogP contribution in [-0.4, -0.2) is 103 Å². The lowest BCUT2D eigenvalue weighted by atomic mass is 9.79. The van der Waals surface area contributed by atoms with Crippen LogP contribution in [0.2, 0.25) is 0 Å². The topological polar surface area (TPSA) is 174 Å².